The second-order valence-corrected chi connectivity index (χ2v) is 6.48. The highest BCUT2D eigenvalue weighted by Gasteiger charge is 2.27. The SMILES string of the molecule is CC(C)(C)CC(CC(=O)O)NC(=O)C1CCCOC1. The molecule has 1 saturated heterocycles. The Labute approximate surface area is 114 Å². The van der Waals surface area contributed by atoms with E-state index < -0.39 is 5.97 Å². The number of hydrogen-bond acceptors (Lipinski definition) is 3. The van der Waals surface area contributed by atoms with E-state index in [1.165, 1.54) is 0 Å². The van der Waals surface area contributed by atoms with Crippen molar-refractivity contribution in [2.45, 2.75) is 52.5 Å². The second-order valence-electron chi connectivity index (χ2n) is 6.48. The first-order valence-corrected chi connectivity index (χ1v) is 6.88. The first kappa shape index (κ1) is 16.0. The fourth-order valence-corrected chi connectivity index (χ4v) is 2.39. The highest BCUT2D eigenvalue weighted by atomic mass is 16.5. The molecule has 1 aliphatic rings. The maximum Gasteiger partial charge on any atom is 0.305 e. The summed E-state index contributed by atoms with van der Waals surface area (Å²) in [5, 5.41) is 11.8. The fourth-order valence-electron chi connectivity index (χ4n) is 2.39. The predicted molar refractivity (Wildman–Crippen MR) is 71.8 cm³/mol. The molecule has 1 amide bonds. The van der Waals surface area contributed by atoms with E-state index in [0.717, 1.165) is 12.8 Å². The average Bonchev–Trinajstić information content (AvgIpc) is 2.26. The maximum absolute atomic E-state index is 12.1. The summed E-state index contributed by atoms with van der Waals surface area (Å²) in [7, 11) is 0. The Balaban J connectivity index is 2.54. The molecule has 0 radical (unpaired) electrons. The smallest absolute Gasteiger partial charge is 0.305 e. The number of carboxylic acid groups (broad SMARTS) is 1. The van der Waals surface area contributed by atoms with Crippen molar-refractivity contribution in [3.8, 4) is 0 Å². The summed E-state index contributed by atoms with van der Waals surface area (Å²) in [6, 6.07) is -0.313. The summed E-state index contributed by atoms with van der Waals surface area (Å²) in [5.41, 5.74) is -0.0174. The van der Waals surface area contributed by atoms with Crippen LogP contribution in [0, 0.1) is 11.3 Å². The number of amides is 1. The maximum atomic E-state index is 12.1. The molecular weight excluding hydrogens is 246 g/mol. The first-order valence-electron chi connectivity index (χ1n) is 6.88. The minimum absolute atomic E-state index is 0.0174. The normalized spacial score (nSPS) is 21.7. The largest absolute Gasteiger partial charge is 0.481 e. The molecule has 5 nitrogen and oxygen atoms in total. The molecule has 0 spiro atoms. The van der Waals surface area contributed by atoms with Crippen LogP contribution in [0.5, 0.6) is 0 Å². The van der Waals surface area contributed by atoms with E-state index in [4.69, 9.17) is 9.84 Å². The van der Waals surface area contributed by atoms with E-state index in [-0.39, 0.29) is 29.7 Å². The molecule has 0 aliphatic carbocycles. The molecule has 2 atom stereocenters. The Hall–Kier alpha value is -1.10. The van der Waals surface area contributed by atoms with Gasteiger partial charge in [0.05, 0.1) is 18.9 Å². The second kappa shape index (κ2) is 6.89. The minimum Gasteiger partial charge on any atom is -0.481 e. The van der Waals surface area contributed by atoms with E-state index in [0.29, 0.717) is 19.6 Å². The van der Waals surface area contributed by atoms with Gasteiger partial charge in [0.2, 0.25) is 5.91 Å². The Morgan fingerprint density at radius 1 is 1.42 bits per heavy atom. The molecule has 110 valence electrons. The molecule has 0 saturated carbocycles. The van der Waals surface area contributed by atoms with Crippen LogP contribution in [0.15, 0.2) is 0 Å². The van der Waals surface area contributed by atoms with Gasteiger partial charge in [-0.15, -0.1) is 0 Å². The molecule has 1 heterocycles. The number of aliphatic carboxylic acids is 1. The van der Waals surface area contributed by atoms with Crippen molar-refractivity contribution in [3.05, 3.63) is 0 Å². The van der Waals surface area contributed by atoms with Crippen LogP contribution >= 0.6 is 0 Å². The van der Waals surface area contributed by atoms with Gasteiger partial charge in [0.15, 0.2) is 0 Å². The van der Waals surface area contributed by atoms with Crippen molar-refractivity contribution in [1.29, 1.82) is 0 Å². The van der Waals surface area contributed by atoms with Crippen molar-refractivity contribution >= 4 is 11.9 Å². The number of carbonyl (C=O) groups is 2. The Kier molecular flexibility index (Phi) is 5.79. The van der Waals surface area contributed by atoms with E-state index >= 15 is 0 Å². The lowest BCUT2D eigenvalue weighted by atomic mass is 9.86. The number of rotatable bonds is 5. The van der Waals surface area contributed by atoms with Gasteiger partial charge in [-0.25, -0.2) is 0 Å². The fraction of sp³-hybridized carbons (Fsp3) is 0.857. The zero-order valence-electron chi connectivity index (χ0n) is 12.1. The lowest BCUT2D eigenvalue weighted by molar-refractivity contribution is -0.138. The van der Waals surface area contributed by atoms with Crippen molar-refractivity contribution in [3.63, 3.8) is 0 Å². The third-order valence-electron chi connectivity index (χ3n) is 3.16. The summed E-state index contributed by atoms with van der Waals surface area (Å²) in [4.78, 5) is 23.0. The van der Waals surface area contributed by atoms with E-state index in [1.54, 1.807) is 0 Å². The van der Waals surface area contributed by atoms with Gasteiger partial charge in [-0.05, 0) is 24.7 Å². The Morgan fingerprint density at radius 2 is 2.11 bits per heavy atom. The molecule has 0 bridgehead atoms. The first-order chi connectivity index (χ1) is 8.78. The van der Waals surface area contributed by atoms with Gasteiger partial charge < -0.3 is 15.2 Å². The van der Waals surface area contributed by atoms with Gasteiger partial charge in [-0.1, -0.05) is 20.8 Å². The molecule has 1 fully saturated rings. The third kappa shape index (κ3) is 6.57. The van der Waals surface area contributed by atoms with Crippen LogP contribution in [0.1, 0.15) is 46.5 Å². The number of hydrogen-bond donors (Lipinski definition) is 2. The zero-order valence-corrected chi connectivity index (χ0v) is 12.1. The monoisotopic (exact) mass is 271 g/mol. The van der Waals surface area contributed by atoms with Crippen LogP contribution in [0.2, 0.25) is 0 Å². The van der Waals surface area contributed by atoms with E-state index in [2.05, 4.69) is 5.32 Å². The standard InChI is InChI=1S/C14H25NO4/c1-14(2,3)8-11(7-12(16)17)15-13(18)10-5-4-6-19-9-10/h10-11H,4-9H2,1-3H3,(H,15,18)(H,16,17). The number of nitrogens with one attached hydrogen (secondary N) is 1. The molecule has 0 aromatic rings. The average molecular weight is 271 g/mol. The zero-order chi connectivity index (χ0) is 14.5. The van der Waals surface area contributed by atoms with Gasteiger partial charge in [-0.2, -0.15) is 0 Å². The van der Waals surface area contributed by atoms with Gasteiger partial charge >= 0.3 is 5.97 Å². The highest BCUT2D eigenvalue weighted by Crippen LogP contribution is 2.23. The molecule has 2 N–H and O–H groups in total. The molecule has 5 heteroatoms. The molecule has 1 aliphatic heterocycles. The summed E-state index contributed by atoms with van der Waals surface area (Å²) in [6.45, 7) is 7.28. The van der Waals surface area contributed by atoms with Crippen molar-refractivity contribution in [2.75, 3.05) is 13.2 Å². The van der Waals surface area contributed by atoms with E-state index in [1.807, 2.05) is 20.8 Å². The minimum atomic E-state index is -0.880. The van der Waals surface area contributed by atoms with Crippen molar-refractivity contribution in [1.82, 2.24) is 5.32 Å². The van der Waals surface area contributed by atoms with Crippen LogP contribution in [-0.4, -0.2) is 36.2 Å². The predicted octanol–water partition coefficient (Wildman–Crippen LogP) is 1.81. The number of carbonyl (C=O) groups excluding carboxylic acids is 1. The van der Waals surface area contributed by atoms with Gasteiger partial charge in [0.1, 0.15) is 0 Å². The van der Waals surface area contributed by atoms with Crippen LogP contribution in [0.3, 0.4) is 0 Å². The lowest BCUT2D eigenvalue weighted by Crippen LogP contribution is -2.44. The third-order valence-corrected chi connectivity index (χ3v) is 3.16. The van der Waals surface area contributed by atoms with Crippen LogP contribution in [0.25, 0.3) is 0 Å². The number of carboxylic acids is 1. The Bertz CT molecular complexity index is 316. The van der Waals surface area contributed by atoms with E-state index in [9.17, 15) is 9.59 Å². The topological polar surface area (TPSA) is 75.6 Å². The van der Waals surface area contributed by atoms with Crippen molar-refractivity contribution < 1.29 is 19.4 Å². The summed E-state index contributed by atoms with van der Waals surface area (Å²) in [6.07, 6.45) is 2.33. The van der Waals surface area contributed by atoms with Crippen molar-refractivity contribution in [2.24, 2.45) is 11.3 Å². The van der Waals surface area contributed by atoms with Crippen LogP contribution < -0.4 is 5.32 Å². The van der Waals surface area contributed by atoms with Gasteiger partial charge in [0.25, 0.3) is 0 Å². The lowest BCUT2D eigenvalue weighted by Gasteiger charge is -2.28. The highest BCUT2D eigenvalue weighted by molar-refractivity contribution is 5.80. The van der Waals surface area contributed by atoms with Crippen LogP contribution in [-0.2, 0) is 14.3 Å². The summed E-state index contributed by atoms with van der Waals surface area (Å²) in [5.74, 6) is -1.09. The molecule has 0 aromatic carbocycles. The number of ether oxygens (including phenoxy) is 1. The summed E-state index contributed by atoms with van der Waals surface area (Å²) >= 11 is 0. The molecule has 0 aromatic heterocycles. The van der Waals surface area contributed by atoms with Crippen LogP contribution in [0.4, 0.5) is 0 Å². The van der Waals surface area contributed by atoms with Gasteiger partial charge in [0, 0.05) is 12.6 Å². The van der Waals surface area contributed by atoms with Gasteiger partial charge in [-0.3, -0.25) is 9.59 Å². The summed E-state index contributed by atoms with van der Waals surface area (Å²) < 4.78 is 5.29. The molecular formula is C14H25NO4. The molecule has 2 unspecified atom stereocenters. The molecule has 1 rings (SSSR count). The Morgan fingerprint density at radius 3 is 2.58 bits per heavy atom. The molecule has 19 heavy (non-hydrogen) atoms. The quantitative estimate of drug-likeness (QED) is 0.799.